The van der Waals surface area contributed by atoms with E-state index in [1.165, 1.54) is 11.3 Å². The third-order valence-corrected chi connectivity index (χ3v) is 6.50. The van der Waals surface area contributed by atoms with Crippen LogP contribution in [-0.2, 0) is 16.6 Å². The number of aryl methyl sites for hydroxylation is 2. The van der Waals surface area contributed by atoms with Crippen LogP contribution in [0, 0.1) is 13.8 Å². The maximum Gasteiger partial charge on any atom is 0.240 e. The van der Waals surface area contributed by atoms with E-state index in [0.717, 1.165) is 29.8 Å². The molecule has 0 radical (unpaired) electrons. The molecule has 3 aromatic rings. The first kappa shape index (κ1) is 15.7. The van der Waals surface area contributed by atoms with E-state index in [-0.39, 0.29) is 11.4 Å². The number of hydrogen-bond acceptors (Lipinski definition) is 6. The summed E-state index contributed by atoms with van der Waals surface area (Å²) in [5.41, 5.74) is 2.01. The highest BCUT2D eigenvalue weighted by Gasteiger charge is 2.30. The number of hydrogen-bond donors (Lipinski definition) is 1. The van der Waals surface area contributed by atoms with Gasteiger partial charge in [-0.25, -0.2) is 13.1 Å². The minimum absolute atomic E-state index is 0.146. The van der Waals surface area contributed by atoms with E-state index >= 15 is 0 Å². The van der Waals surface area contributed by atoms with Crippen LogP contribution in [0.5, 0.6) is 0 Å². The molecule has 0 bridgehead atoms. The largest absolute Gasteiger partial charge is 0.240 e. The summed E-state index contributed by atoms with van der Waals surface area (Å²) >= 11 is 1.36. The zero-order chi connectivity index (χ0) is 16.9. The lowest BCUT2D eigenvalue weighted by Crippen LogP contribution is -2.23. The van der Waals surface area contributed by atoms with Gasteiger partial charge in [0.2, 0.25) is 15.0 Å². The Morgan fingerprint density at radius 2 is 2.04 bits per heavy atom. The predicted molar refractivity (Wildman–Crippen MR) is 90.6 cm³/mol. The zero-order valence-electron chi connectivity index (χ0n) is 13.4. The lowest BCUT2D eigenvalue weighted by atomic mass is 10.1. The zero-order valence-corrected chi connectivity index (χ0v) is 15.0. The normalized spacial score (nSPS) is 15.2. The summed E-state index contributed by atoms with van der Waals surface area (Å²) in [5, 5.41) is 13.4. The highest BCUT2D eigenvalue weighted by atomic mass is 32.2. The maximum absolute atomic E-state index is 12.4. The summed E-state index contributed by atoms with van der Waals surface area (Å²) < 4.78 is 29.2. The van der Waals surface area contributed by atoms with Crippen LogP contribution in [-0.4, -0.2) is 28.2 Å². The minimum Gasteiger partial charge on any atom is -0.207 e. The molecule has 2 aromatic heterocycles. The van der Waals surface area contributed by atoms with Gasteiger partial charge in [-0.15, -0.1) is 10.2 Å². The summed E-state index contributed by atoms with van der Waals surface area (Å²) in [6.45, 7) is 4.00. The third-order valence-electron chi connectivity index (χ3n) is 4.20. The van der Waals surface area contributed by atoms with E-state index in [2.05, 4.69) is 20.0 Å². The molecule has 0 saturated heterocycles. The summed E-state index contributed by atoms with van der Waals surface area (Å²) in [6.07, 6.45) is 2.24. The number of benzene rings is 1. The number of fused-ring (bicyclic) bond motifs is 1. The van der Waals surface area contributed by atoms with Gasteiger partial charge < -0.3 is 0 Å². The molecule has 0 amide bonds. The fraction of sp³-hybridized carbons (Fsp3) is 0.400. The van der Waals surface area contributed by atoms with Gasteiger partial charge in [-0.2, -0.15) is 9.61 Å². The van der Waals surface area contributed by atoms with Crippen LogP contribution in [0.2, 0.25) is 0 Å². The SMILES string of the molecule is Cc1ccc(S(=O)(=O)NCc2nn3c(C4CC4)nnc3s2)cc1C. The Kier molecular flexibility index (Phi) is 3.66. The fourth-order valence-electron chi connectivity index (χ4n) is 2.46. The van der Waals surface area contributed by atoms with Gasteiger partial charge in [0.1, 0.15) is 5.01 Å². The Hall–Kier alpha value is -1.84. The molecule has 1 aromatic carbocycles. The van der Waals surface area contributed by atoms with Crippen molar-refractivity contribution in [2.24, 2.45) is 0 Å². The van der Waals surface area contributed by atoms with Crippen LogP contribution in [0.15, 0.2) is 23.1 Å². The fourth-order valence-corrected chi connectivity index (χ4v) is 4.40. The molecule has 1 N–H and O–H groups in total. The molecule has 0 atom stereocenters. The number of nitrogens with zero attached hydrogens (tertiary/aromatic N) is 4. The Morgan fingerprint density at radius 3 is 2.75 bits per heavy atom. The Morgan fingerprint density at radius 1 is 1.25 bits per heavy atom. The minimum atomic E-state index is -3.56. The first-order valence-corrected chi connectivity index (χ1v) is 10.0. The predicted octanol–water partition coefficient (Wildman–Crippen LogP) is 2.16. The van der Waals surface area contributed by atoms with E-state index in [9.17, 15) is 8.42 Å². The van der Waals surface area contributed by atoms with Crippen molar-refractivity contribution in [2.45, 2.75) is 44.0 Å². The lowest BCUT2D eigenvalue weighted by Gasteiger charge is -2.07. The molecular weight excluding hydrogens is 346 g/mol. The Labute approximate surface area is 143 Å². The number of rotatable bonds is 5. The van der Waals surface area contributed by atoms with E-state index in [1.807, 2.05) is 19.9 Å². The molecule has 1 aliphatic rings. The second kappa shape index (κ2) is 5.61. The number of sulfonamides is 1. The molecule has 1 fully saturated rings. The highest BCUT2D eigenvalue weighted by Crippen LogP contribution is 2.39. The second-order valence-electron chi connectivity index (χ2n) is 6.09. The van der Waals surface area contributed by atoms with Crippen LogP contribution in [0.1, 0.15) is 40.7 Å². The Bertz CT molecular complexity index is 1020. The number of aromatic nitrogens is 4. The second-order valence-corrected chi connectivity index (χ2v) is 8.90. The molecule has 4 rings (SSSR count). The van der Waals surface area contributed by atoms with Gasteiger partial charge in [-0.05, 0) is 49.9 Å². The smallest absolute Gasteiger partial charge is 0.207 e. The van der Waals surface area contributed by atoms with Crippen molar-refractivity contribution < 1.29 is 8.42 Å². The van der Waals surface area contributed by atoms with Crippen molar-refractivity contribution in [1.29, 1.82) is 0 Å². The van der Waals surface area contributed by atoms with Crippen molar-refractivity contribution in [3.05, 3.63) is 40.2 Å². The molecule has 0 spiro atoms. The number of nitrogens with one attached hydrogen (secondary N) is 1. The van der Waals surface area contributed by atoms with Crippen LogP contribution in [0.3, 0.4) is 0 Å². The van der Waals surface area contributed by atoms with E-state index in [1.54, 1.807) is 16.6 Å². The first-order chi connectivity index (χ1) is 11.4. The van der Waals surface area contributed by atoms with Gasteiger partial charge in [-0.3, -0.25) is 0 Å². The van der Waals surface area contributed by atoms with Crippen molar-refractivity contribution in [2.75, 3.05) is 0 Å². The molecule has 1 aliphatic carbocycles. The quantitative estimate of drug-likeness (QED) is 0.750. The first-order valence-electron chi connectivity index (χ1n) is 7.72. The van der Waals surface area contributed by atoms with E-state index in [0.29, 0.717) is 15.9 Å². The molecule has 126 valence electrons. The standard InChI is InChI=1S/C15H17N5O2S2/c1-9-3-6-12(7-10(9)2)24(21,22)16-8-13-19-20-14(11-4-5-11)17-18-15(20)23-13/h3,6-7,11,16H,4-5,8H2,1-2H3. The molecule has 7 nitrogen and oxygen atoms in total. The molecule has 0 unspecified atom stereocenters. The summed E-state index contributed by atoms with van der Waals surface area (Å²) in [4.78, 5) is 0.976. The molecule has 24 heavy (non-hydrogen) atoms. The van der Waals surface area contributed by atoms with Gasteiger partial charge in [0.15, 0.2) is 5.82 Å². The summed E-state index contributed by atoms with van der Waals surface area (Å²) in [6, 6.07) is 5.12. The molecule has 2 heterocycles. The van der Waals surface area contributed by atoms with Gasteiger partial charge in [0.05, 0.1) is 11.4 Å². The van der Waals surface area contributed by atoms with Gasteiger partial charge in [0.25, 0.3) is 0 Å². The molecule has 0 aliphatic heterocycles. The van der Waals surface area contributed by atoms with Crippen molar-refractivity contribution >= 4 is 26.3 Å². The average Bonchev–Trinajstić information content (AvgIpc) is 3.17. The van der Waals surface area contributed by atoms with Crippen molar-refractivity contribution in [1.82, 2.24) is 24.5 Å². The molecular formula is C15H17N5O2S2. The topological polar surface area (TPSA) is 89.2 Å². The van der Waals surface area contributed by atoms with Crippen LogP contribution >= 0.6 is 11.3 Å². The van der Waals surface area contributed by atoms with Crippen LogP contribution < -0.4 is 4.72 Å². The van der Waals surface area contributed by atoms with E-state index < -0.39 is 10.0 Å². The molecule has 1 saturated carbocycles. The highest BCUT2D eigenvalue weighted by molar-refractivity contribution is 7.89. The maximum atomic E-state index is 12.4. The van der Waals surface area contributed by atoms with Crippen molar-refractivity contribution in [3.63, 3.8) is 0 Å². The summed E-state index contributed by atoms with van der Waals surface area (Å²) in [7, 11) is -3.56. The van der Waals surface area contributed by atoms with Crippen molar-refractivity contribution in [3.8, 4) is 0 Å². The lowest BCUT2D eigenvalue weighted by molar-refractivity contribution is 0.580. The average molecular weight is 363 g/mol. The monoisotopic (exact) mass is 363 g/mol. The third kappa shape index (κ3) is 2.83. The van der Waals surface area contributed by atoms with Gasteiger partial charge in [0, 0.05) is 5.92 Å². The molecule has 9 heteroatoms. The summed E-state index contributed by atoms with van der Waals surface area (Å²) in [5.74, 6) is 1.33. The van der Waals surface area contributed by atoms with Crippen LogP contribution in [0.4, 0.5) is 0 Å². The van der Waals surface area contributed by atoms with Crippen LogP contribution in [0.25, 0.3) is 4.96 Å². The van der Waals surface area contributed by atoms with Gasteiger partial charge in [-0.1, -0.05) is 17.4 Å². The van der Waals surface area contributed by atoms with Gasteiger partial charge >= 0.3 is 0 Å². The van der Waals surface area contributed by atoms with E-state index in [4.69, 9.17) is 0 Å². The Balaban J connectivity index is 1.54.